The van der Waals surface area contributed by atoms with Crippen molar-refractivity contribution in [2.45, 2.75) is 38.4 Å². The zero-order valence-corrected chi connectivity index (χ0v) is 30.5. The van der Waals surface area contributed by atoms with Crippen LogP contribution in [0.5, 0.6) is 23.3 Å². The monoisotopic (exact) mass is 754 g/mol. The second-order valence-corrected chi connectivity index (χ2v) is 14.6. The summed E-state index contributed by atoms with van der Waals surface area (Å²) in [6, 6.07) is 21.8. The highest BCUT2D eigenvalue weighted by molar-refractivity contribution is 7.18. The van der Waals surface area contributed by atoms with Crippen molar-refractivity contribution in [2.24, 2.45) is 0 Å². The van der Waals surface area contributed by atoms with Crippen molar-refractivity contribution >= 4 is 43.1 Å². The topological polar surface area (TPSA) is 125 Å². The average molecular weight is 755 g/mol. The fourth-order valence-corrected chi connectivity index (χ4v) is 8.48. The van der Waals surface area contributed by atoms with E-state index < -0.39 is 0 Å². The SMILES string of the molecule is COCc1ccc(-c2csc3c(Oc4ccc(OC5CCCC5)c(-c5csc6c(O)nc(-c7ccccn7)nc56)c4)nc(-c4ccccn4)nc23)cc1F. The molecule has 1 aliphatic carbocycles. The standard InChI is InChI=1S/C41H31FN6O4S2/c1-50-20-24-13-12-23(18-30(24)42)28-21-54-37-34(28)45-39(32-11-5-7-17-44-32)48-41(37)52-26-14-15-33(51-25-8-2-3-9-25)27(19-26)29-22-53-36-35(29)46-38(47-40(36)49)31-10-4-6-16-43-31/h4-7,10-19,21-22,25H,2-3,8-9,20H2,1H3,(H,46,47,49). The number of halogens is 1. The van der Waals surface area contributed by atoms with Crippen LogP contribution in [0.1, 0.15) is 31.2 Å². The highest BCUT2D eigenvalue weighted by Crippen LogP contribution is 2.45. The lowest BCUT2D eigenvalue weighted by Gasteiger charge is -2.18. The Morgan fingerprint density at radius 1 is 0.759 bits per heavy atom. The molecule has 6 heterocycles. The Kier molecular flexibility index (Phi) is 9.11. The molecule has 0 spiro atoms. The summed E-state index contributed by atoms with van der Waals surface area (Å²) in [6.45, 7) is 0.174. The number of thiophene rings is 2. The van der Waals surface area contributed by atoms with Crippen molar-refractivity contribution in [3.8, 4) is 68.5 Å². The van der Waals surface area contributed by atoms with E-state index in [4.69, 9.17) is 29.2 Å². The Balaban J connectivity index is 1.17. The average Bonchev–Trinajstić information content (AvgIpc) is 3.98. The smallest absolute Gasteiger partial charge is 0.241 e. The number of rotatable bonds is 10. The summed E-state index contributed by atoms with van der Waals surface area (Å²) in [5.74, 6) is 1.73. The Hall–Kier alpha value is -5.89. The molecule has 0 aliphatic heterocycles. The van der Waals surface area contributed by atoms with Crippen molar-refractivity contribution in [3.05, 3.63) is 107 Å². The summed E-state index contributed by atoms with van der Waals surface area (Å²) in [5, 5.41) is 14.9. The van der Waals surface area contributed by atoms with Crippen molar-refractivity contribution in [3.63, 3.8) is 0 Å². The van der Waals surface area contributed by atoms with E-state index in [9.17, 15) is 5.11 Å². The van der Waals surface area contributed by atoms with Crippen LogP contribution in [-0.2, 0) is 11.3 Å². The minimum absolute atomic E-state index is 0.0906. The molecule has 13 heteroatoms. The molecule has 1 aliphatic rings. The van der Waals surface area contributed by atoms with Crippen molar-refractivity contribution in [1.82, 2.24) is 29.9 Å². The number of hydrogen-bond donors (Lipinski definition) is 1. The van der Waals surface area contributed by atoms with Crippen LogP contribution in [0, 0.1) is 5.82 Å². The van der Waals surface area contributed by atoms with E-state index in [1.54, 1.807) is 24.5 Å². The summed E-state index contributed by atoms with van der Waals surface area (Å²) >= 11 is 2.77. The van der Waals surface area contributed by atoms with E-state index in [0.29, 0.717) is 72.0 Å². The van der Waals surface area contributed by atoms with E-state index in [0.717, 1.165) is 42.4 Å². The van der Waals surface area contributed by atoms with Gasteiger partial charge in [0.25, 0.3) is 0 Å². The number of benzene rings is 2. The second-order valence-electron chi connectivity index (χ2n) is 12.8. The van der Waals surface area contributed by atoms with Crippen molar-refractivity contribution in [1.29, 1.82) is 0 Å². The maximum atomic E-state index is 15.1. The Morgan fingerprint density at radius 3 is 2.17 bits per heavy atom. The number of aromatic nitrogens is 6. The lowest BCUT2D eigenvalue weighted by atomic mass is 10.1. The predicted molar refractivity (Wildman–Crippen MR) is 207 cm³/mol. The van der Waals surface area contributed by atoms with Gasteiger partial charge in [0.1, 0.15) is 38.1 Å². The molecular weight excluding hydrogens is 724 g/mol. The Morgan fingerprint density at radius 2 is 1.46 bits per heavy atom. The van der Waals surface area contributed by atoms with Gasteiger partial charge in [0.2, 0.25) is 11.8 Å². The van der Waals surface area contributed by atoms with Crippen LogP contribution in [0.4, 0.5) is 4.39 Å². The van der Waals surface area contributed by atoms with Crippen molar-refractivity contribution in [2.75, 3.05) is 7.11 Å². The van der Waals surface area contributed by atoms with E-state index >= 15 is 4.39 Å². The number of fused-ring (bicyclic) bond motifs is 2. The van der Waals surface area contributed by atoms with Crippen LogP contribution >= 0.6 is 22.7 Å². The van der Waals surface area contributed by atoms with Gasteiger partial charge in [-0.25, -0.2) is 14.4 Å². The van der Waals surface area contributed by atoms with Gasteiger partial charge in [0, 0.05) is 52.5 Å². The number of nitrogens with zero attached hydrogens (tertiary/aromatic N) is 6. The molecule has 0 radical (unpaired) electrons. The lowest BCUT2D eigenvalue weighted by Crippen LogP contribution is -2.11. The van der Waals surface area contributed by atoms with Crippen LogP contribution in [0.25, 0.3) is 65.7 Å². The highest BCUT2D eigenvalue weighted by Gasteiger charge is 2.24. The quantitative estimate of drug-likeness (QED) is 0.144. The molecule has 1 saturated carbocycles. The number of methoxy groups -OCH3 is 1. The second kappa shape index (κ2) is 14.5. The van der Waals surface area contributed by atoms with Gasteiger partial charge < -0.3 is 19.3 Å². The first-order valence-electron chi connectivity index (χ1n) is 17.4. The number of ether oxygens (including phenoxy) is 3. The van der Waals surface area contributed by atoms with Gasteiger partial charge in [-0.2, -0.15) is 9.97 Å². The third-order valence-electron chi connectivity index (χ3n) is 9.29. The van der Waals surface area contributed by atoms with E-state index in [1.807, 2.05) is 65.4 Å². The molecule has 8 aromatic rings. The van der Waals surface area contributed by atoms with Gasteiger partial charge in [0.05, 0.1) is 23.7 Å². The molecule has 0 atom stereocenters. The first-order valence-corrected chi connectivity index (χ1v) is 19.1. The Labute approximate surface area is 317 Å². The summed E-state index contributed by atoms with van der Waals surface area (Å²) in [5.41, 5.74) is 5.72. The molecule has 268 valence electrons. The number of pyridine rings is 2. The summed E-state index contributed by atoms with van der Waals surface area (Å²) in [7, 11) is 1.54. The van der Waals surface area contributed by atoms with Crippen LogP contribution in [0.15, 0.2) is 96.0 Å². The number of aromatic hydroxyl groups is 1. The third-order valence-corrected chi connectivity index (χ3v) is 11.2. The molecule has 10 nitrogen and oxygen atoms in total. The minimum Gasteiger partial charge on any atom is -0.492 e. The zero-order valence-electron chi connectivity index (χ0n) is 28.9. The summed E-state index contributed by atoms with van der Waals surface area (Å²) < 4.78 is 34.8. The van der Waals surface area contributed by atoms with E-state index in [-0.39, 0.29) is 24.4 Å². The molecule has 0 amide bonds. The lowest BCUT2D eigenvalue weighted by molar-refractivity contribution is 0.181. The van der Waals surface area contributed by atoms with Gasteiger partial charge in [-0.15, -0.1) is 22.7 Å². The van der Waals surface area contributed by atoms with Crippen LogP contribution in [0.3, 0.4) is 0 Å². The molecule has 6 aromatic heterocycles. The fraction of sp³-hybridized carbons (Fsp3) is 0.171. The zero-order chi connectivity index (χ0) is 36.6. The van der Waals surface area contributed by atoms with Gasteiger partial charge in [-0.1, -0.05) is 24.3 Å². The van der Waals surface area contributed by atoms with Gasteiger partial charge in [-0.05, 0) is 79.8 Å². The minimum atomic E-state index is -0.358. The molecule has 9 rings (SSSR count). The van der Waals surface area contributed by atoms with Crippen LogP contribution in [0.2, 0.25) is 0 Å². The van der Waals surface area contributed by atoms with Gasteiger partial charge >= 0.3 is 0 Å². The molecule has 0 bridgehead atoms. The third kappa shape index (κ3) is 6.50. The highest BCUT2D eigenvalue weighted by atomic mass is 32.1. The Bertz CT molecular complexity index is 2630. The molecule has 0 saturated heterocycles. The summed E-state index contributed by atoms with van der Waals surface area (Å²) in [6.07, 6.45) is 7.63. The molecule has 1 N–H and O–H groups in total. The molecule has 2 aromatic carbocycles. The molecule has 0 unspecified atom stereocenters. The fourth-order valence-electron chi connectivity index (χ4n) is 6.65. The van der Waals surface area contributed by atoms with E-state index in [2.05, 4.69) is 15.0 Å². The van der Waals surface area contributed by atoms with Crippen LogP contribution < -0.4 is 9.47 Å². The van der Waals surface area contributed by atoms with Gasteiger partial charge in [0.15, 0.2) is 11.6 Å². The largest absolute Gasteiger partial charge is 0.492 e. The molecule has 1 fully saturated rings. The predicted octanol–water partition coefficient (Wildman–Crippen LogP) is 10.3. The van der Waals surface area contributed by atoms with E-state index in [1.165, 1.54) is 35.8 Å². The first-order chi connectivity index (χ1) is 26.5. The summed E-state index contributed by atoms with van der Waals surface area (Å²) in [4.78, 5) is 27.9. The maximum absolute atomic E-state index is 15.1. The maximum Gasteiger partial charge on any atom is 0.241 e. The normalized spacial score (nSPS) is 13.2. The van der Waals surface area contributed by atoms with Crippen LogP contribution in [-0.4, -0.2) is 48.2 Å². The number of hydrogen-bond acceptors (Lipinski definition) is 12. The molecule has 54 heavy (non-hydrogen) atoms. The van der Waals surface area contributed by atoms with Gasteiger partial charge in [-0.3, -0.25) is 9.97 Å². The first kappa shape index (κ1) is 33.9. The molecular formula is C41H31FN6O4S2. The van der Waals surface area contributed by atoms with Crippen molar-refractivity contribution < 1.29 is 23.7 Å².